The molecule has 6 heteroatoms. The highest BCUT2D eigenvalue weighted by molar-refractivity contribution is 9.10. The van der Waals surface area contributed by atoms with Gasteiger partial charge in [-0.15, -0.1) is 11.8 Å². The van der Waals surface area contributed by atoms with Crippen molar-refractivity contribution in [3.63, 3.8) is 0 Å². The maximum atomic E-state index is 4.88. The molecule has 1 aliphatic carbocycles. The Kier molecular flexibility index (Phi) is 4.29. The van der Waals surface area contributed by atoms with Crippen LogP contribution in [0.25, 0.3) is 0 Å². The molecule has 1 aliphatic heterocycles. The number of thioether (sulfide) groups is 2. The van der Waals surface area contributed by atoms with Crippen LogP contribution in [0.5, 0.6) is 0 Å². The number of hydrogen-bond acceptors (Lipinski definition) is 5. The van der Waals surface area contributed by atoms with Crippen LogP contribution in [0.4, 0.5) is 5.82 Å². The lowest BCUT2D eigenvalue weighted by molar-refractivity contribution is 0.800. The van der Waals surface area contributed by atoms with Crippen LogP contribution >= 0.6 is 39.5 Å². The van der Waals surface area contributed by atoms with Crippen molar-refractivity contribution in [3.05, 3.63) is 16.0 Å². The highest BCUT2D eigenvalue weighted by atomic mass is 79.9. The Bertz CT molecular complexity index is 479. The van der Waals surface area contributed by atoms with E-state index in [4.69, 9.17) is 9.97 Å². The van der Waals surface area contributed by atoms with Crippen molar-refractivity contribution in [1.29, 1.82) is 0 Å². The number of nitrogens with zero attached hydrogens (tertiary/aromatic N) is 2. The van der Waals surface area contributed by atoms with Crippen LogP contribution in [0.1, 0.15) is 42.5 Å². The molecular formula is C13H18BrN3S2. The number of anilines is 1. The third-order valence-corrected chi connectivity index (χ3v) is 7.41. The van der Waals surface area contributed by atoms with Gasteiger partial charge in [0.15, 0.2) is 0 Å². The van der Waals surface area contributed by atoms with Crippen molar-refractivity contribution in [1.82, 2.24) is 9.97 Å². The summed E-state index contributed by atoms with van der Waals surface area (Å²) in [7, 11) is 1.93. The Morgan fingerprint density at radius 1 is 1.21 bits per heavy atom. The van der Waals surface area contributed by atoms with Crippen LogP contribution in [-0.2, 0) is 0 Å². The molecule has 2 heterocycles. The van der Waals surface area contributed by atoms with Crippen molar-refractivity contribution < 1.29 is 0 Å². The summed E-state index contributed by atoms with van der Waals surface area (Å²) < 4.78 is 1.06. The van der Waals surface area contributed by atoms with Crippen LogP contribution in [0.3, 0.4) is 0 Å². The Balaban J connectivity index is 1.98. The summed E-state index contributed by atoms with van der Waals surface area (Å²) in [6.07, 6.45) is 2.53. The SMILES string of the molecule is CNc1nc(C2SCCSC2C)nc(C2CC2)c1Br. The quantitative estimate of drug-likeness (QED) is 0.880. The Morgan fingerprint density at radius 2 is 1.95 bits per heavy atom. The van der Waals surface area contributed by atoms with E-state index in [1.807, 2.05) is 30.6 Å². The molecule has 0 radical (unpaired) electrons. The van der Waals surface area contributed by atoms with Gasteiger partial charge in [-0.3, -0.25) is 0 Å². The van der Waals surface area contributed by atoms with Crippen LogP contribution in [0, 0.1) is 0 Å². The molecule has 2 unspecified atom stereocenters. The number of halogens is 1. The minimum atomic E-state index is 0.427. The molecule has 104 valence electrons. The summed E-state index contributed by atoms with van der Waals surface area (Å²) in [5.74, 6) is 5.04. The zero-order chi connectivity index (χ0) is 13.4. The number of nitrogens with one attached hydrogen (secondary N) is 1. The molecular weight excluding hydrogens is 342 g/mol. The lowest BCUT2D eigenvalue weighted by Crippen LogP contribution is -2.19. The van der Waals surface area contributed by atoms with Gasteiger partial charge in [0.1, 0.15) is 11.6 Å². The number of rotatable bonds is 3. The van der Waals surface area contributed by atoms with Gasteiger partial charge in [-0.25, -0.2) is 9.97 Å². The van der Waals surface area contributed by atoms with Crippen LogP contribution in [0.2, 0.25) is 0 Å². The normalized spacial score (nSPS) is 27.3. The van der Waals surface area contributed by atoms with Crippen molar-refractivity contribution >= 4 is 45.3 Å². The maximum absolute atomic E-state index is 4.88. The first kappa shape index (κ1) is 14.0. The lowest BCUT2D eigenvalue weighted by atomic mass is 10.2. The largest absolute Gasteiger partial charge is 0.372 e. The minimum Gasteiger partial charge on any atom is -0.372 e. The molecule has 0 spiro atoms. The molecule has 2 aliphatic rings. The van der Waals surface area contributed by atoms with E-state index in [1.54, 1.807) is 0 Å². The first-order chi connectivity index (χ1) is 9.20. The fourth-order valence-corrected chi connectivity index (χ4v) is 5.71. The third-order valence-electron chi connectivity index (χ3n) is 3.54. The van der Waals surface area contributed by atoms with Gasteiger partial charge in [-0.05, 0) is 28.8 Å². The summed E-state index contributed by atoms with van der Waals surface area (Å²) >= 11 is 7.69. The molecule has 0 aromatic carbocycles. The first-order valence-electron chi connectivity index (χ1n) is 6.69. The average molecular weight is 360 g/mol. The second-order valence-electron chi connectivity index (χ2n) is 5.02. The van der Waals surface area contributed by atoms with Crippen LogP contribution in [0.15, 0.2) is 4.47 Å². The second kappa shape index (κ2) is 5.82. The summed E-state index contributed by atoms with van der Waals surface area (Å²) in [5, 5.41) is 4.22. The summed E-state index contributed by atoms with van der Waals surface area (Å²) in [5.41, 5.74) is 1.21. The molecule has 0 bridgehead atoms. The molecule has 1 aromatic rings. The molecule has 2 fully saturated rings. The monoisotopic (exact) mass is 359 g/mol. The molecule has 3 nitrogen and oxygen atoms in total. The van der Waals surface area contributed by atoms with Gasteiger partial charge in [-0.1, -0.05) is 6.92 Å². The van der Waals surface area contributed by atoms with E-state index in [0.717, 1.165) is 16.1 Å². The number of hydrogen-bond donors (Lipinski definition) is 1. The van der Waals surface area contributed by atoms with E-state index in [-0.39, 0.29) is 0 Å². The van der Waals surface area contributed by atoms with E-state index in [2.05, 4.69) is 28.2 Å². The molecule has 1 saturated heterocycles. The molecule has 1 N–H and O–H groups in total. The maximum Gasteiger partial charge on any atom is 0.145 e. The van der Waals surface area contributed by atoms with Crippen LogP contribution < -0.4 is 5.32 Å². The van der Waals surface area contributed by atoms with Gasteiger partial charge in [0.05, 0.1) is 15.4 Å². The van der Waals surface area contributed by atoms with Crippen molar-refractivity contribution in [2.75, 3.05) is 23.9 Å². The fourth-order valence-electron chi connectivity index (χ4n) is 2.32. The number of aromatic nitrogens is 2. The molecule has 3 rings (SSSR count). The average Bonchev–Trinajstić information content (AvgIpc) is 3.24. The van der Waals surface area contributed by atoms with Gasteiger partial charge in [0, 0.05) is 29.7 Å². The predicted molar refractivity (Wildman–Crippen MR) is 88.4 cm³/mol. The van der Waals surface area contributed by atoms with Gasteiger partial charge >= 0.3 is 0 Å². The standard InChI is InChI=1S/C13H18BrN3S2/c1-7-11(19-6-5-18-7)13-16-10(8-3-4-8)9(14)12(15-2)17-13/h7-8,11H,3-6H2,1-2H3,(H,15,16,17). The first-order valence-corrected chi connectivity index (χ1v) is 9.58. The molecule has 1 saturated carbocycles. The van der Waals surface area contributed by atoms with E-state index in [0.29, 0.717) is 16.4 Å². The molecule has 2 atom stereocenters. The van der Waals surface area contributed by atoms with Crippen LogP contribution in [-0.4, -0.2) is 33.8 Å². The van der Waals surface area contributed by atoms with Crippen molar-refractivity contribution in [3.8, 4) is 0 Å². The van der Waals surface area contributed by atoms with E-state index < -0.39 is 0 Å². The zero-order valence-electron chi connectivity index (χ0n) is 11.1. The minimum absolute atomic E-state index is 0.427. The van der Waals surface area contributed by atoms with E-state index in [9.17, 15) is 0 Å². The summed E-state index contributed by atoms with van der Waals surface area (Å²) in [6, 6.07) is 0. The van der Waals surface area contributed by atoms with Gasteiger partial charge in [0.2, 0.25) is 0 Å². The molecule has 0 amide bonds. The van der Waals surface area contributed by atoms with Gasteiger partial charge < -0.3 is 5.32 Å². The fraction of sp³-hybridized carbons (Fsp3) is 0.692. The Morgan fingerprint density at radius 3 is 2.58 bits per heavy atom. The smallest absolute Gasteiger partial charge is 0.145 e. The van der Waals surface area contributed by atoms with Crippen molar-refractivity contribution in [2.24, 2.45) is 0 Å². The van der Waals surface area contributed by atoms with Gasteiger partial charge in [0.25, 0.3) is 0 Å². The Hall–Kier alpha value is 0.0600. The molecule has 1 aromatic heterocycles. The highest BCUT2D eigenvalue weighted by Gasteiger charge is 2.32. The second-order valence-corrected chi connectivity index (χ2v) is 8.55. The summed E-state index contributed by atoms with van der Waals surface area (Å²) in [6.45, 7) is 2.29. The van der Waals surface area contributed by atoms with E-state index in [1.165, 1.54) is 30.0 Å². The van der Waals surface area contributed by atoms with Gasteiger partial charge in [-0.2, -0.15) is 11.8 Å². The highest BCUT2D eigenvalue weighted by Crippen LogP contribution is 2.46. The predicted octanol–water partition coefficient (Wildman–Crippen LogP) is 4.07. The lowest BCUT2D eigenvalue weighted by Gasteiger charge is -2.27. The third kappa shape index (κ3) is 2.90. The molecule has 19 heavy (non-hydrogen) atoms. The van der Waals surface area contributed by atoms with E-state index >= 15 is 0 Å². The zero-order valence-corrected chi connectivity index (χ0v) is 14.4. The van der Waals surface area contributed by atoms with Crippen molar-refractivity contribution in [2.45, 2.75) is 36.2 Å². The topological polar surface area (TPSA) is 37.8 Å². The Labute approximate surface area is 131 Å². The summed E-state index contributed by atoms with van der Waals surface area (Å²) in [4.78, 5) is 9.62.